The van der Waals surface area contributed by atoms with Crippen molar-refractivity contribution in [3.63, 3.8) is 0 Å². The highest BCUT2D eigenvalue weighted by Gasteiger charge is 2.20. The van der Waals surface area contributed by atoms with E-state index in [1.165, 1.54) is 34.2 Å². The maximum absolute atomic E-state index is 5.92. The van der Waals surface area contributed by atoms with Gasteiger partial charge >= 0.3 is 0 Å². The Morgan fingerprint density at radius 2 is 2.00 bits per heavy atom. The van der Waals surface area contributed by atoms with E-state index in [1.54, 1.807) is 6.33 Å². The summed E-state index contributed by atoms with van der Waals surface area (Å²) < 4.78 is 0. The smallest absolute Gasteiger partial charge is 0.138 e. The Morgan fingerprint density at radius 3 is 2.86 bits per heavy atom. The van der Waals surface area contributed by atoms with Crippen LogP contribution in [-0.2, 0) is 19.4 Å². The minimum absolute atomic E-state index is 0.744. The largest absolute Gasteiger partial charge is 0.365 e. The van der Waals surface area contributed by atoms with E-state index in [0.29, 0.717) is 0 Å². The number of aromatic nitrogens is 2. The molecule has 0 bridgehead atoms. The lowest BCUT2D eigenvalue weighted by molar-refractivity contribution is 0.917. The fourth-order valence-corrected chi connectivity index (χ4v) is 4.21. The van der Waals surface area contributed by atoms with Crippen LogP contribution in [0.3, 0.4) is 0 Å². The molecule has 2 aromatic heterocycles. The van der Waals surface area contributed by atoms with Gasteiger partial charge in [-0.1, -0.05) is 23.7 Å². The number of nitrogens with one attached hydrogen (secondary N) is 1. The molecule has 0 saturated carbocycles. The van der Waals surface area contributed by atoms with Gasteiger partial charge in [0.25, 0.3) is 0 Å². The van der Waals surface area contributed by atoms with Crippen molar-refractivity contribution in [3.8, 4) is 0 Å². The predicted molar refractivity (Wildman–Crippen MR) is 88.2 cm³/mol. The number of thiophene rings is 1. The second-order valence-electron chi connectivity index (χ2n) is 5.24. The Labute approximate surface area is 132 Å². The number of nitrogens with zero attached hydrogens (tertiary/aromatic N) is 2. The number of aryl methyl sites for hydroxylation is 2. The molecule has 0 atom stereocenters. The summed E-state index contributed by atoms with van der Waals surface area (Å²) in [7, 11) is 0. The number of hydrogen-bond donors (Lipinski definition) is 1. The molecule has 0 spiro atoms. The highest BCUT2D eigenvalue weighted by Crippen LogP contribution is 2.39. The Morgan fingerprint density at radius 1 is 1.14 bits per heavy atom. The normalized spacial score (nSPS) is 13.6. The van der Waals surface area contributed by atoms with Gasteiger partial charge < -0.3 is 5.32 Å². The molecule has 106 valence electrons. The zero-order valence-electron chi connectivity index (χ0n) is 11.4. The van der Waals surface area contributed by atoms with Crippen LogP contribution in [0, 0.1) is 0 Å². The molecule has 0 saturated heterocycles. The van der Waals surface area contributed by atoms with Crippen molar-refractivity contribution >= 4 is 39.0 Å². The first kappa shape index (κ1) is 13.0. The van der Waals surface area contributed by atoms with E-state index in [0.717, 1.165) is 28.6 Å². The number of halogens is 1. The van der Waals surface area contributed by atoms with Crippen molar-refractivity contribution < 1.29 is 0 Å². The van der Waals surface area contributed by atoms with Crippen molar-refractivity contribution in [1.82, 2.24) is 9.97 Å². The van der Waals surface area contributed by atoms with Crippen LogP contribution in [-0.4, -0.2) is 9.97 Å². The number of fused-ring (bicyclic) bond motifs is 3. The number of benzene rings is 1. The quantitative estimate of drug-likeness (QED) is 0.776. The Hall–Kier alpha value is -1.65. The average molecular weight is 316 g/mol. The molecule has 0 fully saturated rings. The third-order valence-corrected chi connectivity index (χ3v) is 5.33. The number of rotatable bonds is 3. The Balaban J connectivity index is 1.65. The van der Waals surface area contributed by atoms with Gasteiger partial charge in [0.15, 0.2) is 0 Å². The molecular formula is C16H14ClN3S. The minimum atomic E-state index is 0.744. The Bertz CT molecular complexity index is 795. The second-order valence-corrected chi connectivity index (χ2v) is 6.76. The molecule has 3 aromatic rings. The first-order valence-electron chi connectivity index (χ1n) is 7.05. The van der Waals surface area contributed by atoms with E-state index in [1.807, 2.05) is 35.6 Å². The zero-order valence-corrected chi connectivity index (χ0v) is 13.0. The van der Waals surface area contributed by atoms with Gasteiger partial charge in [0.1, 0.15) is 17.0 Å². The minimum Gasteiger partial charge on any atom is -0.365 e. The van der Waals surface area contributed by atoms with Gasteiger partial charge in [-0.05, 0) is 42.5 Å². The molecule has 0 unspecified atom stereocenters. The van der Waals surface area contributed by atoms with Crippen LogP contribution in [0.25, 0.3) is 10.2 Å². The summed E-state index contributed by atoms with van der Waals surface area (Å²) in [5.74, 6) is 0.953. The van der Waals surface area contributed by atoms with E-state index in [9.17, 15) is 0 Å². The third-order valence-electron chi connectivity index (χ3n) is 3.87. The maximum atomic E-state index is 5.92. The molecule has 1 aliphatic carbocycles. The fourth-order valence-electron chi connectivity index (χ4n) is 2.85. The SMILES string of the molecule is Clc1ccc(CNc2ncnc3sc4c(c23)CCC4)cc1. The van der Waals surface area contributed by atoms with Crippen LogP contribution >= 0.6 is 22.9 Å². The van der Waals surface area contributed by atoms with E-state index >= 15 is 0 Å². The van der Waals surface area contributed by atoms with Gasteiger partial charge in [0.05, 0.1) is 5.39 Å². The lowest BCUT2D eigenvalue weighted by Gasteiger charge is -2.08. The fraction of sp³-hybridized carbons (Fsp3) is 0.250. The monoisotopic (exact) mass is 315 g/mol. The predicted octanol–water partition coefficient (Wildman–Crippen LogP) is 4.45. The summed E-state index contributed by atoms with van der Waals surface area (Å²) >= 11 is 7.73. The van der Waals surface area contributed by atoms with Gasteiger partial charge in [-0.2, -0.15) is 0 Å². The highest BCUT2D eigenvalue weighted by molar-refractivity contribution is 7.19. The van der Waals surface area contributed by atoms with E-state index < -0.39 is 0 Å². The molecule has 1 aliphatic rings. The number of hydrogen-bond acceptors (Lipinski definition) is 4. The summed E-state index contributed by atoms with van der Waals surface area (Å²) in [5, 5.41) is 5.44. The molecule has 21 heavy (non-hydrogen) atoms. The summed E-state index contributed by atoms with van der Waals surface area (Å²) in [6, 6.07) is 7.89. The van der Waals surface area contributed by atoms with E-state index in [2.05, 4.69) is 15.3 Å². The maximum Gasteiger partial charge on any atom is 0.138 e. The van der Waals surface area contributed by atoms with Crippen LogP contribution in [0.2, 0.25) is 5.02 Å². The lowest BCUT2D eigenvalue weighted by atomic mass is 10.2. The Kier molecular flexibility index (Phi) is 3.28. The summed E-state index contributed by atoms with van der Waals surface area (Å²) in [4.78, 5) is 11.5. The van der Waals surface area contributed by atoms with Gasteiger partial charge in [-0.3, -0.25) is 0 Å². The van der Waals surface area contributed by atoms with Crippen molar-refractivity contribution in [1.29, 1.82) is 0 Å². The first-order chi connectivity index (χ1) is 10.3. The molecule has 0 aliphatic heterocycles. The molecule has 0 radical (unpaired) electrons. The first-order valence-corrected chi connectivity index (χ1v) is 8.24. The number of anilines is 1. The van der Waals surface area contributed by atoms with Crippen molar-refractivity contribution in [2.24, 2.45) is 0 Å². The van der Waals surface area contributed by atoms with Crippen LogP contribution in [0.15, 0.2) is 30.6 Å². The summed E-state index contributed by atoms with van der Waals surface area (Å²) in [5.41, 5.74) is 2.65. The second kappa shape index (κ2) is 5.28. The van der Waals surface area contributed by atoms with E-state index in [4.69, 9.17) is 11.6 Å². The van der Waals surface area contributed by atoms with Crippen LogP contribution in [0.4, 0.5) is 5.82 Å². The standard InChI is InChI=1S/C16H14ClN3S/c17-11-6-4-10(5-7-11)8-18-15-14-12-2-1-3-13(12)21-16(14)20-9-19-15/h4-7,9H,1-3,8H2,(H,18,19,20). The molecule has 1 aromatic carbocycles. The molecule has 3 nitrogen and oxygen atoms in total. The van der Waals surface area contributed by atoms with Crippen molar-refractivity contribution in [3.05, 3.63) is 51.6 Å². The van der Waals surface area contributed by atoms with Crippen LogP contribution in [0.5, 0.6) is 0 Å². The van der Waals surface area contributed by atoms with Gasteiger partial charge in [-0.15, -0.1) is 11.3 Å². The molecule has 4 rings (SSSR count). The van der Waals surface area contributed by atoms with Gasteiger partial charge in [0.2, 0.25) is 0 Å². The lowest BCUT2D eigenvalue weighted by Crippen LogP contribution is -2.02. The molecule has 1 N–H and O–H groups in total. The zero-order chi connectivity index (χ0) is 14.2. The topological polar surface area (TPSA) is 37.8 Å². The third kappa shape index (κ3) is 2.39. The average Bonchev–Trinajstić information content (AvgIpc) is 3.07. The molecule has 0 amide bonds. The van der Waals surface area contributed by atoms with Crippen molar-refractivity contribution in [2.45, 2.75) is 25.8 Å². The highest BCUT2D eigenvalue weighted by atomic mass is 35.5. The van der Waals surface area contributed by atoms with Gasteiger partial charge in [0, 0.05) is 16.4 Å². The summed E-state index contributed by atoms with van der Waals surface area (Å²) in [6.45, 7) is 0.744. The molecule has 2 heterocycles. The summed E-state index contributed by atoms with van der Waals surface area (Å²) in [6.07, 6.45) is 5.24. The van der Waals surface area contributed by atoms with E-state index in [-0.39, 0.29) is 0 Å². The van der Waals surface area contributed by atoms with Crippen LogP contribution in [0.1, 0.15) is 22.4 Å². The molecular weight excluding hydrogens is 302 g/mol. The van der Waals surface area contributed by atoms with Crippen LogP contribution < -0.4 is 5.32 Å². The van der Waals surface area contributed by atoms with Gasteiger partial charge in [-0.25, -0.2) is 9.97 Å². The van der Waals surface area contributed by atoms with Crippen molar-refractivity contribution in [2.75, 3.05) is 5.32 Å². The molecule has 5 heteroatoms.